The fourth-order valence-corrected chi connectivity index (χ4v) is 2.89. The van der Waals surface area contributed by atoms with E-state index in [1.807, 2.05) is 23.9 Å². The van der Waals surface area contributed by atoms with Gasteiger partial charge in [0.25, 0.3) is 0 Å². The van der Waals surface area contributed by atoms with Gasteiger partial charge in [0.05, 0.1) is 12.2 Å². The highest BCUT2D eigenvalue weighted by Crippen LogP contribution is 2.41. The van der Waals surface area contributed by atoms with E-state index in [9.17, 15) is 5.11 Å². The topological polar surface area (TPSA) is 38.0 Å². The van der Waals surface area contributed by atoms with Gasteiger partial charge in [0, 0.05) is 27.8 Å². The number of hydrogen-bond acceptors (Lipinski definition) is 3. The monoisotopic (exact) mass is 344 g/mol. The molecule has 2 rings (SSSR count). The summed E-state index contributed by atoms with van der Waals surface area (Å²) in [7, 11) is 0. The van der Waals surface area contributed by atoms with E-state index in [0.29, 0.717) is 12.3 Å². The largest absolute Gasteiger partial charge is 0.507 e. The van der Waals surface area contributed by atoms with Gasteiger partial charge in [0.2, 0.25) is 0 Å². The van der Waals surface area contributed by atoms with Gasteiger partial charge >= 0.3 is 0 Å². The molecule has 0 atom stereocenters. The molecule has 24 heavy (non-hydrogen) atoms. The van der Waals surface area contributed by atoms with Crippen LogP contribution in [0.3, 0.4) is 0 Å². The normalized spacial score (nSPS) is 12.5. The fourth-order valence-electron chi connectivity index (χ4n) is 2.76. The molecule has 0 unspecified atom stereocenters. The molecule has 0 bridgehead atoms. The van der Waals surface area contributed by atoms with Crippen LogP contribution in [-0.2, 0) is 17.4 Å². The van der Waals surface area contributed by atoms with Crippen molar-refractivity contribution in [1.82, 2.24) is 9.78 Å². The van der Waals surface area contributed by atoms with Crippen molar-refractivity contribution in [2.75, 3.05) is 0 Å². The number of rotatable bonds is 3. The quantitative estimate of drug-likeness (QED) is 0.774. The number of thiocarbonyl (C=S) groups is 1. The van der Waals surface area contributed by atoms with E-state index in [-0.39, 0.29) is 10.8 Å². The maximum absolute atomic E-state index is 10.8. The molecule has 0 aliphatic heterocycles. The average molecular weight is 345 g/mol. The van der Waals surface area contributed by atoms with Crippen molar-refractivity contribution < 1.29 is 5.11 Å². The van der Waals surface area contributed by atoms with Gasteiger partial charge in [-0.1, -0.05) is 53.8 Å². The van der Waals surface area contributed by atoms with Gasteiger partial charge in [-0.2, -0.15) is 5.10 Å². The Balaban J connectivity index is 2.62. The van der Waals surface area contributed by atoms with Crippen LogP contribution in [0.15, 0.2) is 24.4 Å². The van der Waals surface area contributed by atoms with Gasteiger partial charge in [-0.25, -0.2) is 0 Å². The van der Waals surface area contributed by atoms with Gasteiger partial charge in [0.1, 0.15) is 5.75 Å². The Labute approximate surface area is 150 Å². The van der Waals surface area contributed by atoms with E-state index < -0.39 is 0 Å². The van der Waals surface area contributed by atoms with E-state index in [1.54, 1.807) is 0 Å². The fraction of sp³-hybridized carbons (Fsp3) is 0.500. The van der Waals surface area contributed by atoms with Gasteiger partial charge in [-0.05, 0) is 36.0 Å². The lowest BCUT2D eigenvalue weighted by molar-refractivity contribution is 0.423. The third-order valence-electron chi connectivity index (χ3n) is 4.05. The third kappa shape index (κ3) is 4.04. The molecule has 0 spiro atoms. The van der Waals surface area contributed by atoms with Gasteiger partial charge in [0.15, 0.2) is 0 Å². The molecule has 1 aromatic heterocycles. The smallest absolute Gasteiger partial charge is 0.123 e. The molecule has 2 aromatic rings. The lowest BCUT2D eigenvalue weighted by atomic mass is 9.78. The molecule has 3 nitrogen and oxygen atoms in total. The standard InChI is InChI=1S/C20H28N2OS/c1-13(24)12-22-9-8-17(21-22)14-10-15(19(2,3)4)18(23)16(11-14)20(5,6)7/h8-11,23H,12H2,1-7H3. The molecule has 0 radical (unpaired) electrons. The Bertz CT molecular complexity index is 726. The van der Waals surface area contributed by atoms with Crippen molar-refractivity contribution in [3.05, 3.63) is 35.5 Å². The highest BCUT2D eigenvalue weighted by molar-refractivity contribution is 7.80. The number of phenols is 1. The van der Waals surface area contributed by atoms with Crippen LogP contribution in [0.1, 0.15) is 59.6 Å². The van der Waals surface area contributed by atoms with Gasteiger partial charge in [-0.15, -0.1) is 0 Å². The third-order valence-corrected chi connectivity index (χ3v) is 4.18. The van der Waals surface area contributed by atoms with E-state index in [1.165, 1.54) is 0 Å². The summed E-state index contributed by atoms with van der Waals surface area (Å²) in [4.78, 5) is 0.904. The van der Waals surface area contributed by atoms with Crippen LogP contribution >= 0.6 is 12.2 Å². The first kappa shape index (κ1) is 18.7. The van der Waals surface area contributed by atoms with Crippen LogP contribution < -0.4 is 0 Å². The lowest BCUT2D eigenvalue weighted by Gasteiger charge is -2.28. The van der Waals surface area contributed by atoms with Crippen LogP contribution in [0.5, 0.6) is 5.75 Å². The Kier molecular flexibility index (Phi) is 4.91. The molecule has 1 N–H and O–H groups in total. The summed E-state index contributed by atoms with van der Waals surface area (Å²) in [6.45, 7) is 15.3. The molecule has 0 aliphatic carbocycles. The zero-order chi connectivity index (χ0) is 18.3. The minimum absolute atomic E-state index is 0.145. The SMILES string of the molecule is CC(=S)Cn1ccc(-c2cc(C(C)(C)C)c(O)c(C(C)(C)C)c2)n1. The summed E-state index contributed by atoms with van der Waals surface area (Å²) in [5, 5.41) is 15.5. The first-order chi connectivity index (χ1) is 10.9. The van der Waals surface area contributed by atoms with Crippen molar-refractivity contribution in [3.8, 4) is 17.0 Å². The van der Waals surface area contributed by atoms with E-state index in [4.69, 9.17) is 12.2 Å². The summed E-state index contributed by atoms with van der Waals surface area (Å²) in [6, 6.07) is 6.12. The summed E-state index contributed by atoms with van der Waals surface area (Å²) < 4.78 is 1.86. The molecule has 130 valence electrons. The summed E-state index contributed by atoms with van der Waals surface area (Å²) >= 11 is 5.17. The summed E-state index contributed by atoms with van der Waals surface area (Å²) in [6.07, 6.45) is 1.95. The first-order valence-corrected chi connectivity index (χ1v) is 8.71. The van der Waals surface area contributed by atoms with Gasteiger partial charge < -0.3 is 5.11 Å². The Hall–Kier alpha value is -1.68. The van der Waals surface area contributed by atoms with Gasteiger partial charge in [-0.3, -0.25) is 4.68 Å². The molecule has 0 amide bonds. The van der Waals surface area contributed by atoms with Crippen molar-refractivity contribution in [2.45, 2.75) is 65.8 Å². The molecule has 0 aliphatic rings. The average Bonchev–Trinajstić information content (AvgIpc) is 2.83. The summed E-state index contributed by atoms with van der Waals surface area (Å²) in [5.41, 5.74) is 3.54. The number of benzene rings is 1. The van der Waals surface area contributed by atoms with Crippen LogP contribution in [-0.4, -0.2) is 19.8 Å². The van der Waals surface area contributed by atoms with Crippen molar-refractivity contribution in [2.24, 2.45) is 0 Å². The number of nitrogens with zero attached hydrogens (tertiary/aromatic N) is 2. The van der Waals surface area contributed by atoms with E-state index >= 15 is 0 Å². The van der Waals surface area contributed by atoms with E-state index in [0.717, 1.165) is 27.2 Å². The zero-order valence-electron chi connectivity index (χ0n) is 15.8. The molecule has 0 fully saturated rings. The molecule has 1 aromatic carbocycles. The van der Waals surface area contributed by atoms with Crippen LogP contribution in [0, 0.1) is 0 Å². The second-order valence-corrected chi connectivity index (χ2v) is 9.22. The highest BCUT2D eigenvalue weighted by atomic mass is 32.1. The Morgan fingerprint density at radius 3 is 2.00 bits per heavy atom. The van der Waals surface area contributed by atoms with Crippen LogP contribution in [0.2, 0.25) is 0 Å². The van der Waals surface area contributed by atoms with E-state index in [2.05, 4.69) is 58.8 Å². The predicted octanol–water partition coefficient (Wildman–Crippen LogP) is 5.24. The minimum atomic E-state index is -0.145. The molecular formula is C20H28N2OS. The minimum Gasteiger partial charge on any atom is -0.507 e. The maximum atomic E-state index is 10.8. The molecule has 4 heteroatoms. The second kappa shape index (κ2) is 6.32. The van der Waals surface area contributed by atoms with Crippen molar-refractivity contribution in [3.63, 3.8) is 0 Å². The Morgan fingerprint density at radius 1 is 1.08 bits per heavy atom. The number of hydrogen-bond donors (Lipinski definition) is 1. The first-order valence-electron chi connectivity index (χ1n) is 8.31. The van der Waals surface area contributed by atoms with Crippen LogP contribution in [0.25, 0.3) is 11.3 Å². The molecule has 0 saturated heterocycles. The predicted molar refractivity (Wildman–Crippen MR) is 105 cm³/mol. The molecule has 1 heterocycles. The number of aromatic hydroxyl groups is 1. The van der Waals surface area contributed by atoms with Crippen molar-refractivity contribution >= 4 is 17.1 Å². The highest BCUT2D eigenvalue weighted by Gasteiger charge is 2.27. The summed E-state index contributed by atoms with van der Waals surface area (Å²) in [5.74, 6) is 0.396. The molecular weight excluding hydrogens is 316 g/mol. The number of aromatic nitrogens is 2. The second-order valence-electron chi connectivity index (χ2n) is 8.52. The van der Waals surface area contributed by atoms with Crippen molar-refractivity contribution in [1.29, 1.82) is 0 Å². The molecule has 0 saturated carbocycles. The lowest BCUT2D eigenvalue weighted by Crippen LogP contribution is -2.17. The Morgan fingerprint density at radius 2 is 1.58 bits per heavy atom. The maximum Gasteiger partial charge on any atom is 0.123 e. The zero-order valence-corrected chi connectivity index (χ0v) is 16.6. The number of phenolic OH excluding ortho intramolecular Hbond substituents is 1. The van der Waals surface area contributed by atoms with Crippen LogP contribution in [0.4, 0.5) is 0 Å².